The summed E-state index contributed by atoms with van der Waals surface area (Å²) in [6.45, 7) is 10.4. The molecule has 3 rings (SSSR count). The van der Waals surface area contributed by atoms with Gasteiger partial charge in [0.1, 0.15) is 0 Å². The number of carbonyl (C=O) groups excluding carboxylic acids is 1. The van der Waals surface area contributed by atoms with Crippen molar-refractivity contribution in [3.63, 3.8) is 0 Å². The molecule has 1 atom stereocenters. The zero-order valence-corrected chi connectivity index (χ0v) is 19.4. The lowest BCUT2D eigenvalue weighted by Gasteiger charge is -2.19. The largest absolute Gasteiger partial charge is 0.466 e. The minimum Gasteiger partial charge on any atom is -0.466 e. The number of carbonyl (C=O) groups is 1. The lowest BCUT2D eigenvalue weighted by Crippen LogP contribution is -2.17. The van der Waals surface area contributed by atoms with Crippen LogP contribution in [0.4, 0.5) is 0 Å². The van der Waals surface area contributed by atoms with Gasteiger partial charge in [0.25, 0.3) is 0 Å². The molecule has 1 fully saturated rings. The highest BCUT2D eigenvalue weighted by atomic mass is 16.5. The minimum atomic E-state index is -0.349. The monoisotopic (exact) mass is 419 g/mol. The number of benzene rings is 2. The standard InChI is InChI=1S/C28H37NO2/c1-5-7-8-9-10-22-14-19(3)13-20(4)28(22)25-16-23(21-11-12-21)15-24(17-25)26(29)18-27(30)31-6-2/h5,13-17,21,26H,1,6-12,18,29H2,2-4H3/t26-/m0/s1. The van der Waals surface area contributed by atoms with E-state index in [1.54, 1.807) is 0 Å². The van der Waals surface area contributed by atoms with E-state index in [1.807, 2.05) is 13.0 Å². The summed E-state index contributed by atoms with van der Waals surface area (Å²) in [4.78, 5) is 12.0. The molecule has 166 valence electrons. The van der Waals surface area contributed by atoms with Crippen LogP contribution in [0.5, 0.6) is 0 Å². The number of aryl methyl sites for hydroxylation is 3. The van der Waals surface area contributed by atoms with Crippen molar-refractivity contribution < 1.29 is 9.53 Å². The lowest BCUT2D eigenvalue weighted by atomic mass is 9.87. The number of esters is 1. The molecule has 1 aliphatic carbocycles. The highest BCUT2D eigenvalue weighted by Gasteiger charge is 2.26. The van der Waals surface area contributed by atoms with E-state index in [0.717, 1.165) is 31.2 Å². The summed E-state index contributed by atoms with van der Waals surface area (Å²) in [6.07, 6.45) is 9.11. The van der Waals surface area contributed by atoms with Crippen molar-refractivity contribution in [2.75, 3.05) is 6.61 Å². The molecule has 3 nitrogen and oxygen atoms in total. The second-order valence-corrected chi connectivity index (χ2v) is 8.93. The number of nitrogens with two attached hydrogens (primary N) is 1. The van der Waals surface area contributed by atoms with Gasteiger partial charge in [0.2, 0.25) is 0 Å². The van der Waals surface area contributed by atoms with Gasteiger partial charge in [-0.05, 0) is 105 Å². The van der Waals surface area contributed by atoms with Crippen molar-refractivity contribution in [2.45, 2.75) is 77.7 Å². The van der Waals surface area contributed by atoms with Gasteiger partial charge in [-0.2, -0.15) is 0 Å². The van der Waals surface area contributed by atoms with Crippen LogP contribution in [-0.4, -0.2) is 12.6 Å². The summed E-state index contributed by atoms with van der Waals surface area (Å²) in [5.41, 5.74) is 15.4. The van der Waals surface area contributed by atoms with Gasteiger partial charge in [-0.3, -0.25) is 4.79 Å². The maximum Gasteiger partial charge on any atom is 0.307 e. The third-order valence-electron chi connectivity index (χ3n) is 6.10. The first kappa shape index (κ1) is 23.3. The molecule has 0 radical (unpaired) electrons. The molecule has 0 heterocycles. The molecule has 3 heteroatoms. The first-order valence-corrected chi connectivity index (χ1v) is 11.7. The van der Waals surface area contributed by atoms with Crippen LogP contribution >= 0.6 is 0 Å². The van der Waals surface area contributed by atoms with Crippen LogP contribution in [0.15, 0.2) is 43.0 Å². The Bertz CT molecular complexity index is 927. The van der Waals surface area contributed by atoms with E-state index in [4.69, 9.17) is 10.5 Å². The van der Waals surface area contributed by atoms with E-state index in [0.29, 0.717) is 12.5 Å². The summed E-state index contributed by atoms with van der Waals surface area (Å²) in [5, 5.41) is 0. The Morgan fingerprint density at radius 2 is 1.97 bits per heavy atom. The van der Waals surface area contributed by atoms with E-state index >= 15 is 0 Å². The molecule has 0 saturated heterocycles. The minimum absolute atomic E-state index is 0.211. The molecule has 0 bridgehead atoms. The Morgan fingerprint density at radius 3 is 2.65 bits per heavy atom. The van der Waals surface area contributed by atoms with Gasteiger partial charge in [-0.1, -0.05) is 35.9 Å². The molecule has 0 spiro atoms. The SMILES string of the molecule is C=CCCCCc1cc(C)cc(C)c1-c1cc(C2CC2)cc([C@@H](N)CC(=O)OCC)c1. The predicted octanol–water partition coefficient (Wildman–Crippen LogP) is 6.70. The summed E-state index contributed by atoms with van der Waals surface area (Å²) in [6, 6.07) is 11.0. The van der Waals surface area contributed by atoms with Gasteiger partial charge < -0.3 is 10.5 Å². The number of ether oxygens (including phenoxy) is 1. The van der Waals surface area contributed by atoms with Crippen LogP contribution in [-0.2, 0) is 16.0 Å². The second-order valence-electron chi connectivity index (χ2n) is 8.93. The quantitative estimate of drug-likeness (QED) is 0.250. The zero-order valence-electron chi connectivity index (χ0n) is 19.4. The Balaban J connectivity index is 1.98. The van der Waals surface area contributed by atoms with Gasteiger partial charge in [-0.25, -0.2) is 0 Å². The van der Waals surface area contributed by atoms with Gasteiger partial charge in [0.05, 0.1) is 13.0 Å². The molecule has 0 unspecified atom stereocenters. The topological polar surface area (TPSA) is 52.3 Å². The Labute approximate surface area is 187 Å². The highest BCUT2D eigenvalue weighted by molar-refractivity contribution is 5.74. The molecule has 0 aromatic heterocycles. The summed E-state index contributed by atoms with van der Waals surface area (Å²) in [5.74, 6) is 0.387. The van der Waals surface area contributed by atoms with Crippen molar-refractivity contribution in [3.8, 4) is 11.1 Å². The number of unbranched alkanes of at least 4 members (excludes halogenated alkanes) is 2. The van der Waals surface area contributed by atoms with Gasteiger partial charge in [0.15, 0.2) is 0 Å². The number of hydrogen-bond acceptors (Lipinski definition) is 3. The maximum atomic E-state index is 12.0. The summed E-state index contributed by atoms with van der Waals surface area (Å²) >= 11 is 0. The second kappa shape index (κ2) is 10.8. The van der Waals surface area contributed by atoms with E-state index in [2.05, 4.69) is 50.8 Å². The molecule has 2 N–H and O–H groups in total. The lowest BCUT2D eigenvalue weighted by molar-refractivity contribution is -0.143. The van der Waals surface area contributed by atoms with Crippen molar-refractivity contribution in [1.29, 1.82) is 0 Å². The molecule has 1 saturated carbocycles. The fourth-order valence-corrected chi connectivity index (χ4v) is 4.47. The normalized spacial score (nSPS) is 14.3. The average Bonchev–Trinajstić information content (AvgIpc) is 3.56. The Morgan fingerprint density at radius 1 is 1.19 bits per heavy atom. The molecule has 31 heavy (non-hydrogen) atoms. The molecular formula is C28H37NO2. The van der Waals surface area contributed by atoms with Crippen LogP contribution in [0, 0.1) is 13.8 Å². The van der Waals surface area contributed by atoms with Crippen LogP contribution in [0.25, 0.3) is 11.1 Å². The van der Waals surface area contributed by atoms with Crippen LogP contribution in [0.1, 0.15) is 85.2 Å². The molecular weight excluding hydrogens is 382 g/mol. The number of allylic oxidation sites excluding steroid dienone is 1. The van der Waals surface area contributed by atoms with Crippen molar-refractivity contribution in [1.82, 2.24) is 0 Å². The summed E-state index contributed by atoms with van der Waals surface area (Å²) < 4.78 is 5.13. The van der Waals surface area contributed by atoms with E-state index < -0.39 is 0 Å². The molecule has 2 aromatic carbocycles. The fraction of sp³-hybridized carbons (Fsp3) is 0.464. The van der Waals surface area contributed by atoms with Gasteiger partial charge >= 0.3 is 5.97 Å². The fourth-order valence-electron chi connectivity index (χ4n) is 4.47. The van der Waals surface area contributed by atoms with E-state index in [9.17, 15) is 4.79 Å². The third-order valence-corrected chi connectivity index (χ3v) is 6.10. The third kappa shape index (κ3) is 6.30. The first-order valence-electron chi connectivity index (χ1n) is 11.7. The van der Waals surface area contributed by atoms with Crippen molar-refractivity contribution in [2.24, 2.45) is 5.73 Å². The molecule has 0 amide bonds. The van der Waals surface area contributed by atoms with E-state index in [-0.39, 0.29) is 18.4 Å². The molecule has 0 aliphatic heterocycles. The zero-order chi connectivity index (χ0) is 22.4. The van der Waals surface area contributed by atoms with Crippen LogP contribution < -0.4 is 5.73 Å². The van der Waals surface area contributed by atoms with Crippen molar-refractivity contribution in [3.05, 3.63) is 70.8 Å². The van der Waals surface area contributed by atoms with Crippen molar-refractivity contribution >= 4 is 5.97 Å². The summed E-state index contributed by atoms with van der Waals surface area (Å²) in [7, 11) is 0. The smallest absolute Gasteiger partial charge is 0.307 e. The van der Waals surface area contributed by atoms with Gasteiger partial charge in [-0.15, -0.1) is 6.58 Å². The molecule has 1 aliphatic rings. The van der Waals surface area contributed by atoms with Gasteiger partial charge in [0, 0.05) is 6.04 Å². The maximum absolute atomic E-state index is 12.0. The Hall–Kier alpha value is -2.39. The average molecular weight is 420 g/mol. The van der Waals surface area contributed by atoms with Crippen LogP contribution in [0.2, 0.25) is 0 Å². The number of hydrogen-bond donors (Lipinski definition) is 1. The van der Waals surface area contributed by atoms with Crippen LogP contribution in [0.3, 0.4) is 0 Å². The first-order chi connectivity index (χ1) is 14.9. The highest BCUT2D eigenvalue weighted by Crippen LogP contribution is 2.43. The predicted molar refractivity (Wildman–Crippen MR) is 129 cm³/mol. The molecule has 2 aromatic rings. The Kier molecular flexibility index (Phi) is 8.09. The van der Waals surface area contributed by atoms with E-state index in [1.165, 1.54) is 46.2 Å². The number of rotatable bonds is 11.